The standard InChI is InChI=1S/C12H26O3/c1-4-7-9-11(6-3)12(13)15-14-10-8-5-2/h11-13H,4-10H2,1-3H3. The molecule has 0 aliphatic rings. The van der Waals surface area contributed by atoms with Crippen molar-refractivity contribution >= 4 is 0 Å². The Hall–Kier alpha value is -0.120. The zero-order valence-corrected chi connectivity index (χ0v) is 10.4. The van der Waals surface area contributed by atoms with Crippen LogP contribution in [0, 0.1) is 5.92 Å². The average molecular weight is 218 g/mol. The molecule has 0 aliphatic carbocycles. The summed E-state index contributed by atoms with van der Waals surface area (Å²) in [6.45, 7) is 6.88. The molecule has 2 unspecified atom stereocenters. The Morgan fingerprint density at radius 3 is 2.27 bits per heavy atom. The van der Waals surface area contributed by atoms with Gasteiger partial charge in [0.25, 0.3) is 0 Å². The second kappa shape index (κ2) is 10.4. The number of rotatable bonds is 10. The second-order valence-corrected chi connectivity index (χ2v) is 3.97. The molecule has 0 aliphatic heterocycles. The summed E-state index contributed by atoms with van der Waals surface area (Å²) in [4.78, 5) is 9.90. The van der Waals surface area contributed by atoms with Crippen molar-refractivity contribution in [3.8, 4) is 0 Å². The van der Waals surface area contributed by atoms with Gasteiger partial charge in [-0.05, 0) is 19.3 Å². The molecule has 92 valence electrons. The Morgan fingerprint density at radius 1 is 1.07 bits per heavy atom. The molecule has 0 aromatic rings. The van der Waals surface area contributed by atoms with E-state index in [1.165, 1.54) is 0 Å². The van der Waals surface area contributed by atoms with E-state index in [2.05, 4.69) is 20.8 Å². The van der Waals surface area contributed by atoms with Gasteiger partial charge in [0, 0.05) is 5.92 Å². The van der Waals surface area contributed by atoms with Crippen LogP contribution in [0.1, 0.15) is 59.3 Å². The molecule has 0 saturated carbocycles. The van der Waals surface area contributed by atoms with Crippen molar-refractivity contribution in [3.63, 3.8) is 0 Å². The van der Waals surface area contributed by atoms with Gasteiger partial charge in [0.05, 0.1) is 6.61 Å². The van der Waals surface area contributed by atoms with Crippen molar-refractivity contribution in [2.75, 3.05) is 6.61 Å². The summed E-state index contributed by atoms with van der Waals surface area (Å²) in [5.74, 6) is 0.201. The molecule has 0 spiro atoms. The molecule has 0 fully saturated rings. The monoisotopic (exact) mass is 218 g/mol. The van der Waals surface area contributed by atoms with Crippen LogP contribution in [0.5, 0.6) is 0 Å². The molecule has 0 saturated heterocycles. The zero-order valence-electron chi connectivity index (χ0n) is 10.4. The van der Waals surface area contributed by atoms with Crippen molar-refractivity contribution in [1.82, 2.24) is 0 Å². The highest BCUT2D eigenvalue weighted by Crippen LogP contribution is 2.18. The number of hydrogen-bond donors (Lipinski definition) is 1. The predicted molar refractivity (Wildman–Crippen MR) is 61.3 cm³/mol. The molecule has 0 heterocycles. The van der Waals surface area contributed by atoms with Crippen molar-refractivity contribution in [3.05, 3.63) is 0 Å². The third-order valence-corrected chi connectivity index (χ3v) is 2.60. The Morgan fingerprint density at radius 2 is 1.73 bits per heavy atom. The third-order valence-electron chi connectivity index (χ3n) is 2.60. The topological polar surface area (TPSA) is 38.7 Å². The smallest absolute Gasteiger partial charge is 0.191 e. The SMILES string of the molecule is CCCCOOC(O)C(CC)CCCC. The largest absolute Gasteiger partial charge is 0.365 e. The first-order valence-electron chi connectivity index (χ1n) is 6.22. The highest BCUT2D eigenvalue weighted by Gasteiger charge is 2.18. The van der Waals surface area contributed by atoms with Gasteiger partial charge in [0.15, 0.2) is 6.29 Å². The highest BCUT2D eigenvalue weighted by molar-refractivity contribution is 4.58. The Bertz CT molecular complexity index is 128. The maximum Gasteiger partial charge on any atom is 0.191 e. The lowest BCUT2D eigenvalue weighted by Crippen LogP contribution is -2.23. The van der Waals surface area contributed by atoms with Crippen LogP contribution in [0.2, 0.25) is 0 Å². The average Bonchev–Trinajstić information content (AvgIpc) is 2.25. The maximum atomic E-state index is 9.69. The van der Waals surface area contributed by atoms with Crippen LogP contribution in [0.15, 0.2) is 0 Å². The molecule has 0 bridgehead atoms. The Balaban J connectivity index is 3.58. The maximum absolute atomic E-state index is 9.69. The van der Waals surface area contributed by atoms with Gasteiger partial charge >= 0.3 is 0 Å². The fraction of sp³-hybridized carbons (Fsp3) is 1.00. The van der Waals surface area contributed by atoms with E-state index >= 15 is 0 Å². The molecule has 3 heteroatoms. The normalized spacial score (nSPS) is 15.2. The summed E-state index contributed by atoms with van der Waals surface area (Å²) in [7, 11) is 0. The van der Waals surface area contributed by atoms with E-state index in [4.69, 9.17) is 9.78 Å². The fourth-order valence-corrected chi connectivity index (χ4v) is 1.41. The van der Waals surface area contributed by atoms with E-state index in [1.54, 1.807) is 0 Å². The van der Waals surface area contributed by atoms with Gasteiger partial charge < -0.3 is 5.11 Å². The second-order valence-electron chi connectivity index (χ2n) is 3.97. The molecule has 2 atom stereocenters. The van der Waals surface area contributed by atoms with Crippen molar-refractivity contribution in [2.45, 2.75) is 65.6 Å². The molecule has 1 N–H and O–H groups in total. The van der Waals surface area contributed by atoms with Crippen molar-refractivity contribution < 1.29 is 14.9 Å². The summed E-state index contributed by atoms with van der Waals surface area (Å²) in [6.07, 6.45) is 5.50. The quantitative estimate of drug-likeness (QED) is 0.265. The van der Waals surface area contributed by atoms with Gasteiger partial charge in [-0.2, -0.15) is 0 Å². The summed E-state index contributed by atoms with van der Waals surface area (Å²) < 4.78 is 0. The van der Waals surface area contributed by atoms with Crippen molar-refractivity contribution in [1.29, 1.82) is 0 Å². The van der Waals surface area contributed by atoms with Crippen LogP contribution in [-0.2, 0) is 9.78 Å². The van der Waals surface area contributed by atoms with Gasteiger partial charge in [-0.1, -0.05) is 40.0 Å². The minimum absolute atomic E-state index is 0.201. The molecular weight excluding hydrogens is 192 g/mol. The van der Waals surface area contributed by atoms with Crippen LogP contribution < -0.4 is 0 Å². The lowest BCUT2D eigenvalue weighted by atomic mass is 9.99. The van der Waals surface area contributed by atoms with E-state index in [-0.39, 0.29) is 5.92 Å². The van der Waals surface area contributed by atoms with Gasteiger partial charge in [-0.3, -0.25) is 0 Å². The lowest BCUT2D eigenvalue weighted by molar-refractivity contribution is -0.381. The Kier molecular flexibility index (Phi) is 10.3. The number of hydrogen-bond acceptors (Lipinski definition) is 3. The first kappa shape index (κ1) is 14.9. The van der Waals surface area contributed by atoms with E-state index < -0.39 is 6.29 Å². The molecule has 0 aromatic heterocycles. The van der Waals surface area contributed by atoms with E-state index in [0.717, 1.165) is 38.5 Å². The van der Waals surface area contributed by atoms with Crippen LogP contribution in [0.4, 0.5) is 0 Å². The minimum atomic E-state index is -0.765. The van der Waals surface area contributed by atoms with Crippen LogP contribution in [0.3, 0.4) is 0 Å². The number of aliphatic hydroxyl groups is 1. The minimum Gasteiger partial charge on any atom is -0.365 e. The van der Waals surface area contributed by atoms with Gasteiger partial charge in [0.1, 0.15) is 0 Å². The third kappa shape index (κ3) is 7.77. The van der Waals surface area contributed by atoms with Crippen LogP contribution >= 0.6 is 0 Å². The van der Waals surface area contributed by atoms with Gasteiger partial charge in [-0.15, -0.1) is 0 Å². The molecule has 0 radical (unpaired) electrons. The molecule has 15 heavy (non-hydrogen) atoms. The zero-order chi connectivity index (χ0) is 11.5. The summed E-state index contributed by atoms with van der Waals surface area (Å²) in [5, 5.41) is 9.69. The van der Waals surface area contributed by atoms with Crippen LogP contribution in [-0.4, -0.2) is 18.0 Å². The molecule has 0 rings (SSSR count). The van der Waals surface area contributed by atoms with Crippen LogP contribution in [0.25, 0.3) is 0 Å². The van der Waals surface area contributed by atoms with E-state index in [0.29, 0.717) is 6.61 Å². The fourth-order valence-electron chi connectivity index (χ4n) is 1.41. The van der Waals surface area contributed by atoms with E-state index in [1.807, 2.05) is 0 Å². The van der Waals surface area contributed by atoms with Crippen molar-refractivity contribution in [2.24, 2.45) is 5.92 Å². The molecule has 0 aromatic carbocycles. The Labute approximate surface area is 93.7 Å². The van der Waals surface area contributed by atoms with E-state index in [9.17, 15) is 5.11 Å². The number of aliphatic hydroxyl groups excluding tert-OH is 1. The summed E-state index contributed by atoms with van der Waals surface area (Å²) >= 11 is 0. The van der Waals surface area contributed by atoms with Gasteiger partial charge in [0.2, 0.25) is 0 Å². The molecule has 3 nitrogen and oxygen atoms in total. The first-order chi connectivity index (χ1) is 7.26. The number of unbranched alkanes of at least 4 members (excludes halogenated alkanes) is 2. The lowest BCUT2D eigenvalue weighted by Gasteiger charge is -2.20. The summed E-state index contributed by atoms with van der Waals surface area (Å²) in [5.41, 5.74) is 0. The molecular formula is C12H26O3. The van der Waals surface area contributed by atoms with Gasteiger partial charge in [-0.25, -0.2) is 9.78 Å². The predicted octanol–water partition coefficient (Wildman–Crippen LogP) is 3.27. The summed E-state index contributed by atoms with van der Waals surface area (Å²) in [6, 6.07) is 0. The highest BCUT2D eigenvalue weighted by atomic mass is 17.2. The first-order valence-corrected chi connectivity index (χ1v) is 6.22. The molecule has 0 amide bonds.